The second-order valence-electron chi connectivity index (χ2n) is 3.87. The standard InChI is InChI=1S/C14H14O2S.3C2H6/c15-17(16,14-9-5-2-6-10-14)12-11-13-7-3-1-4-8-13;3*1-2/h1-10H,11-12H2;3*1-2H3. The third kappa shape index (κ3) is 9.90. The van der Waals surface area contributed by atoms with Crippen LogP contribution in [0.1, 0.15) is 47.1 Å². The molecule has 0 heterocycles. The molecule has 2 rings (SSSR count). The maximum absolute atomic E-state index is 12.0. The summed E-state index contributed by atoms with van der Waals surface area (Å²) < 4.78 is 24.0. The van der Waals surface area contributed by atoms with Crippen molar-refractivity contribution < 1.29 is 8.42 Å². The molecular formula is C20H32O2S. The van der Waals surface area contributed by atoms with E-state index in [0.717, 1.165) is 5.56 Å². The zero-order valence-corrected chi connectivity index (χ0v) is 16.2. The third-order valence-electron chi connectivity index (χ3n) is 2.60. The van der Waals surface area contributed by atoms with Gasteiger partial charge in [-0.3, -0.25) is 0 Å². The quantitative estimate of drug-likeness (QED) is 0.709. The van der Waals surface area contributed by atoms with Crippen LogP contribution in [0.15, 0.2) is 65.6 Å². The molecule has 0 amide bonds. The fourth-order valence-corrected chi connectivity index (χ4v) is 2.95. The van der Waals surface area contributed by atoms with Gasteiger partial charge < -0.3 is 0 Å². The van der Waals surface area contributed by atoms with Crippen LogP contribution in [0.25, 0.3) is 0 Å². The summed E-state index contributed by atoms with van der Waals surface area (Å²) in [6.07, 6.45) is 0.554. The van der Waals surface area contributed by atoms with Crippen LogP contribution in [-0.4, -0.2) is 14.2 Å². The lowest BCUT2D eigenvalue weighted by molar-refractivity contribution is 0.595. The highest BCUT2D eigenvalue weighted by Crippen LogP contribution is 2.12. The van der Waals surface area contributed by atoms with Crippen LogP contribution in [0.5, 0.6) is 0 Å². The van der Waals surface area contributed by atoms with Crippen LogP contribution in [-0.2, 0) is 16.3 Å². The van der Waals surface area contributed by atoms with Gasteiger partial charge in [-0.25, -0.2) is 8.42 Å². The minimum atomic E-state index is -3.16. The average Bonchev–Trinajstić information content (AvgIpc) is 2.67. The van der Waals surface area contributed by atoms with E-state index >= 15 is 0 Å². The van der Waals surface area contributed by atoms with Crippen LogP contribution < -0.4 is 0 Å². The van der Waals surface area contributed by atoms with E-state index in [4.69, 9.17) is 0 Å². The van der Waals surface area contributed by atoms with Crippen molar-refractivity contribution in [3.8, 4) is 0 Å². The van der Waals surface area contributed by atoms with Crippen molar-refractivity contribution in [3.63, 3.8) is 0 Å². The monoisotopic (exact) mass is 336 g/mol. The fourth-order valence-electron chi connectivity index (χ4n) is 1.64. The molecule has 0 aliphatic heterocycles. The molecule has 2 aromatic rings. The summed E-state index contributed by atoms with van der Waals surface area (Å²) in [6.45, 7) is 12.0. The number of sulfone groups is 1. The molecular weight excluding hydrogens is 304 g/mol. The summed E-state index contributed by atoms with van der Waals surface area (Å²) in [4.78, 5) is 0.399. The largest absolute Gasteiger partial charge is 0.224 e. The molecule has 0 fully saturated rings. The van der Waals surface area contributed by atoms with Gasteiger partial charge in [-0.05, 0) is 24.1 Å². The van der Waals surface area contributed by atoms with Gasteiger partial charge in [0.1, 0.15) is 0 Å². The molecule has 0 aliphatic rings. The molecule has 0 aromatic heterocycles. The average molecular weight is 337 g/mol. The molecule has 23 heavy (non-hydrogen) atoms. The van der Waals surface area contributed by atoms with Crippen molar-refractivity contribution in [1.29, 1.82) is 0 Å². The first-order chi connectivity index (χ1) is 11.2. The van der Waals surface area contributed by atoms with Crippen LogP contribution in [0.2, 0.25) is 0 Å². The summed E-state index contributed by atoms with van der Waals surface area (Å²) in [6, 6.07) is 18.2. The smallest absolute Gasteiger partial charge is 0.178 e. The third-order valence-corrected chi connectivity index (χ3v) is 4.34. The number of benzene rings is 2. The summed E-state index contributed by atoms with van der Waals surface area (Å²) in [5.41, 5.74) is 1.05. The Hall–Kier alpha value is -1.61. The van der Waals surface area contributed by atoms with E-state index in [2.05, 4.69) is 0 Å². The Kier molecular flexibility index (Phi) is 15.7. The molecule has 3 heteroatoms. The minimum Gasteiger partial charge on any atom is -0.224 e. The molecule has 2 aromatic carbocycles. The normalized spacial score (nSPS) is 9.13. The molecule has 0 bridgehead atoms. The highest BCUT2D eigenvalue weighted by atomic mass is 32.2. The van der Waals surface area contributed by atoms with E-state index in [0.29, 0.717) is 11.3 Å². The maximum Gasteiger partial charge on any atom is 0.178 e. The van der Waals surface area contributed by atoms with Crippen molar-refractivity contribution in [3.05, 3.63) is 66.2 Å². The lowest BCUT2D eigenvalue weighted by atomic mass is 10.2. The van der Waals surface area contributed by atoms with Gasteiger partial charge in [-0.1, -0.05) is 90.1 Å². The number of hydrogen-bond acceptors (Lipinski definition) is 2. The molecule has 0 unspecified atom stereocenters. The van der Waals surface area contributed by atoms with Gasteiger partial charge in [0.15, 0.2) is 9.84 Å². The Labute approximate surface area is 143 Å². The summed E-state index contributed by atoms with van der Waals surface area (Å²) in [5, 5.41) is 0. The first-order valence-electron chi connectivity index (χ1n) is 8.50. The van der Waals surface area contributed by atoms with E-state index in [1.165, 1.54) is 0 Å². The highest BCUT2D eigenvalue weighted by molar-refractivity contribution is 7.91. The molecule has 2 nitrogen and oxygen atoms in total. The Morgan fingerprint density at radius 1 is 0.652 bits per heavy atom. The lowest BCUT2D eigenvalue weighted by Crippen LogP contribution is -2.08. The van der Waals surface area contributed by atoms with Crippen molar-refractivity contribution in [2.75, 3.05) is 5.75 Å². The number of aryl methyl sites for hydroxylation is 1. The first kappa shape index (κ1) is 23.7. The summed E-state index contributed by atoms with van der Waals surface area (Å²) in [7, 11) is -3.16. The molecule has 0 N–H and O–H groups in total. The molecule has 0 aliphatic carbocycles. The van der Waals surface area contributed by atoms with Crippen LogP contribution >= 0.6 is 0 Å². The van der Waals surface area contributed by atoms with Crippen LogP contribution in [0.3, 0.4) is 0 Å². The predicted octanol–water partition coefficient (Wildman–Crippen LogP) is 5.78. The maximum atomic E-state index is 12.0. The molecule has 0 saturated carbocycles. The van der Waals surface area contributed by atoms with E-state index in [1.807, 2.05) is 77.9 Å². The Bertz CT molecular complexity index is 561. The van der Waals surface area contributed by atoms with Gasteiger partial charge in [0.05, 0.1) is 10.6 Å². The Balaban J connectivity index is 0. The van der Waals surface area contributed by atoms with E-state index in [9.17, 15) is 8.42 Å². The van der Waals surface area contributed by atoms with E-state index < -0.39 is 9.84 Å². The van der Waals surface area contributed by atoms with Crippen molar-refractivity contribution in [2.24, 2.45) is 0 Å². The van der Waals surface area contributed by atoms with Crippen LogP contribution in [0, 0.1) is 0 Å². The van der Waals surface area contributed by atoms with Gasteiger partial charge in [-0.15, -0.1) is 0 Å². The Morgan fingerprint density at radius 2 is 1.04 bits per heavy atom. The number of hydrogen-bond donors (Lipinski definition) is 0. The van der Waals surface area contributed by atoms with Crippen molar-refractivity contribution in [2.45, 2.75) is 52.9 Å². The molecule has 0 spiro atoms. The van der Waals surface area contributed by atoms with Crippen molar-refractivity contribution in [1.82, 2.24) is 0 Å². The molecule has 130 valence electrons. The van der Waals surface area contributed by atoms with E-state index in [1.54, 1.807) is 24.3 Å². The molecule has 0 radical (unpaired) electrons. The minimum absolute atomic E-state index is 0.154. The molecule has 0 atom stereocenters. The van der Waals surface area contributed by atoms with Gasteiger partial charge in [0.2, 0.25) is 0 Å². The highest BCUT2D eigenvalue weighted by Gasteiger charge is 2.13. The van der Waals surface area contributed by atoms with Gasteiger partial charge in [0, 0.05) is 0 Å². The molecule has 0 saturated heterocycles. The van der Waals surface area contributed by atoms with Gasteiger partial charge in [-0.2, -0.15) is 0 Å². The SMILES string of the molecule is CC.CC.CC.O=S(=O)(CCc1ccccc1)c1ccccc1. The van der Waals surface area contributed by atoms with Crippen molar-refractivity contribution >= 4 is 9.84 Å². The summed E-state index contributed by atoms with van der Waals surface area (Å²) in [5.74, 6) is 0.154. The second kappa shape index (κ2) is 15.3. The predicted molar refractivity (Wildman–Crippen MR) is 103 cm³/mol. The van der Waals surface area contributed by atoms with Gasteiger partial charge in [0.25, 0.3) is 0 Å². The fraction of sp³-hybridized carbons (Fsp3) is 0.400. The first-order valence-corrected chi connectivity index (χ1v) is 10.2. The zero-order chi connectivity index (χ0) is 18.1. The van der Waals surface area contributed by atoms with Gasteiger partial charge >= 0.3 is 0 Å². The lowest BCUT2D eigenvalue weighted by Gasteiger charge is -2.04. The Morgan fingerprint density at radius 3 is 1.48 bits per heavy atom. The van der Waals surface area contributed by atoms with Crippen LogP contribution in [0.4, 0.5) is 0 Å². The summed E-state index contributed by atoms with van der Waals surface area (Å²) >= 11 is 0. The van der Waals surface area contributed by atoms with E-state index in [-0.39, 0.29) is 5.75 Å². The number of rotatable bonds is 4. The topological polar surface area (TPSA) is 34.1 Å². The zero-order valence-electron chi connectivity index (χ0n) is 15.4. The second-order valence-corrected chi connectivity index (χ2v) is 5.98.